The number of aliphatic hydroxyl groups is 1. The number of nitrogens with zero attached hydrogens (tertiary/aromatic N) is 1. The number of hydrogen-bond donors (Lipinski definition) is 4. The fraction of sp³-hybridized carbons (Fsp3) is 0.200. The van der Waals surface area contributed by atoms with Crippen LogP contribution < -0.4 is 20.5 Å². The summed E-state index contributed by atoms with van der Waals surface area (Å²) in [6.45, 7) is 1.38. The molecule has 2 aromatic carbocycles. The van der Waals surface area contributed by atoms with E-state index in [-0.39, 0.29) is 6.61 Å². The predicted octanol–water partition coefficient (Wildman–Crippen LogP) is 3.03. The zero-order valence-electron chi connectivity index (χ0n) is 18.0. The molecule has 33 heavy (non-hydrogen) atoms. The normalized spacial score (nSPS) is 11.9. The summed E-state index contributed by atoms with van der Waals surface area (Å²) in [4.78, 5) is 18.3. The quantitative estimate of drug-likeness (QED) is 0.263. The lowest BCUT2D eigenvalue weighted by molar-refractivity contribution is 0.1000. The van der Waals surface area contributed by atoms with E-state index in [0.29, 0.717) is 23.7 Å². The highest BCUT2D eigenvalue weighted by atomic mass is 16.5. The minimum Gasteiger partial charge on any atom is -0.490 e. The third-order valence-electron chi connectivity index (χ3n) is 5.12. The van der Waals surface area contributed by atoms with Gasteiger partial charge in [-0.1, -0.05) is 18.2 Å². The van der Waals surface area contributed by atoms with Crippen molar-refractivity contribution < 1.29 is 19.4 Å². The summed E-state index contributed by atoms with van der Waals surface area (Å²) in [5.41, 5.74) is 7.68. The number of fused-ring (bicyclic) bond motifs is 1. The number of benzene rings is 2. The Bertz CT molecular complexity index is 1190. The second-order valence-electron chi connectivity index (χ2n) is 7.61. The van der Waals surface area contributed by atoms with Gasteiger partial charge >= 0.3 is 0 Å². The fourth-order valence-electron chi connectivity index (χ4n) is 3.36. The van der Waals surface area contributed by atoms with E-state index in [1.165, 1.54) is 6.20 Å². The number of nitrogens with one attached hydrogen (secondary N) is 2. The lowest BCUT2D eigenvalue weighted by Crippen LogP contribution is -2.32. The Morgan fingerprint density at radius 2 is 1.97 bits per heavy atom. The number of hydrogen-bond acceptors (Lipinski definition) is 6. The highest BCUT2D eigenvalue weighted by Crippen LogP contribution is 2.24. The van der Waals surface area contributed by atoms with Crippen molar-refractivity contribution in [3.8, 4) is 17.4 Å². The summed E-state index contributed by atoms with van der Waals surface area (Å²) < 4.78 is 11.5. The second kappa shape index (κ2) is 10.6. The third kappa shape index (κ3) is 6.09. The van der Waals surface area contributed by atoms with Gasteiger partial charge in [0.2, 0.25) is 11.8 Å². The average Bonchev–Trinajstić information content (AvgIpc) is 3.31. The van der Waals surface area contributed by atoms with Gasteiger partial charge in [0.05, 0.1) is 5.56 Å². The number of amides is 1. The molecule has 0 aliphatic rings. The molecular formula is C25H26N4O4. The minimum atomic E-state index is -0.608. The molecule has 0 spiro atoms. The lowest BCUT2D eigenvalue weighted by Gasteiger charge is -2.14. The van der Waals surface area contributed by atoms with Crippen molar-refractivity contribution in [3.63, 3.8) is 0 Å². The molecular weight excluding hydrogens is 420 g/mol. The maximum absolute atomic E-state index is 11.1. The average molecular weight is 447 g/mol. The Hall–Kier alpha value is -3.88. The molecule has 0 saturated carbocycles. The molecule has 5 N–H and O–H groups in total. The van der Waals surface area contributed by atoms with E-state index < -0.39 is 12.0 Å². The van der Waals surface area contributed by atoms with Crippen molar-refractivity contribution in [2.45, 2.75) is 12.5 Å². The number of ether oxygens (including phenoxy) is 2. The number of carbonyl (C=O) groups is 1. The van der Waals surface area contributed by atoms with Crippen LogP contribution >= 0.6 is 0 Å². The van der Waals surface area contributed by atoms with Crippen molar-refractivity contribution in [2.24, 2.45) is 5.73 Å². The number of primary amides is 1. The van der Waals surface area contributed by atoms with Crippen LogP contribution in [0, 0.1) is 0 Å². The van der Waals surface area contributed by atoms with Crippen LogP contribution in [-0.2, 0) is 6.42 Å². The summed E-state index contributed by atoms with van der Waals surface area (Å²) in [7, 11) is 0. The topological polar surface area (TPSA) is 122 Å². The number of aliphatic hydroxyl groups excluding tert-OH is 1. The van der Waals surface area contributed by atoms with Gasteiger partial charge in [0.1, 0.15) is 24.2 Å². The first-order valence-corrected chi connectivity index (χ1v) is 10.7. The van der Waals surface area contributed by atoms with Gasteiger partial charge in [-0.05, 0) is 54.9 Å². The van der Waals surface area contributed by atoms with Gasteiger partial charge in [-0.25, -0.2) is 4.98 Å². The van der Waals surface area contributed by atoms with E-state index >= 15 is 0 Å². The highest BCUT2D eigenvalue weighted by molar-refractivity contribution is 5.92. The zero-order chi connectivity index (χ0) is 23.0. The monoisotopic (exact) mass is 446 g/mol. The molecule has 0 aliphatic carbocycles. The van der Waals surface area contributed by atoms with E-state index in [1.54, 1.807) is 12.1 Å². The van der Waals surface area contributed by atoms with Crippen molar-refractivity contribution in [2.75, 3.05) is 19.7 Å². The van der Waals surface area contributed by atoms with Crippen LogP contribution in [0.2, 0.25) is 0 Å². The number of H-pyrrole nitrogens is 1. The third-order valence-corrected chi connectivity index (χ3v) is 5.12. The van der Waals surface area contributed by atoms with Crippen molar-refractivity contribution in [1.82, 2.24) is 15.3 Å². The van der Waals surface area contributed by atoms with E-state index in [1.807, 2.05) is 54.7 Å². The fourth-order valence-corrected chi connectivity index (χ4v) is 3.36. The van der Waals surface area contributed by atoms with Gasteiger partial charge in [-0.2, -0.15) is 0 Å². The Labute approximate surface area is 191 Å². The second-order valence-corrected chi connectivity index (χ2v) is 7.61. The minimum absolute atomic E-state index is 0.220. The molecule has 1 atom stereocenters. The van der Waals surface area contributed by atoms with Crippen LogP contribution in [0.15, 0.2) is 73.1 Å². The van der Waals surface area contributed by atoms with Gasteiger partial charge in [0.15, 0.2) is 0 Å². The summed E-state index contributed by atoms with van der Waals surface area (Å²) in [6, 6.07) is 18.6. The van der Waals surface area contributed by atoms with Gasteiger partial charge in [-0.15, -0.1) is 0 Å². The molecule has 4 rings (SSSR count). The number of pyridine rings is 1. The Morgan fingerprint density at radius 3 is 2.73 bits per heavy atom. The van der Waals surface area contributed by atoms with E-state index in [2.05, 4.69) is 15.3 Å². The molecule has 0 bridgehead atoms. The zero-order valence-corrected chi connectivity index (χ0v) is 18.0. The molecule has 170 valence electrons. The summed E-state index contributed by atoms with van der Waals surface area (Å²) in [6.07, 6.45) is 3.46. The maximum Gasteiger partial charge on any atom is 0.250 e. The van der Waals surface area contributed by atoms with Gasteiger partial charge in [-0.3, -0.25) is 4.79 Å². The summed E-state index contributed by atoms with van der Waals surface area (Å²) in [5, 5.41) is 14.5. The first-order valence-electron chi connectivity index (χ1n) is 10.7. The maximum atomic E-state index is 11.1. The Balaban J connectivity index is 1.16. The Morgan fingerprint density at radius 1 is 1.12 bits per heavy atom. The molecule has 1 amide bonds. The van der Waals surface area contributed by atoms with E-state index in [9.17, 15) is 9.90 Å². The SMILES string of the molecule is NC(=O)c1ccc(Oc2ccc(CCNC[C@@H](O)COc3cccc4[nH]ccc34)cc2)nc1. The van der Waals surface area contributed by atoms with Crippen LogP contribution in [0.4, 0.5) is 0 Å². The molecule has 4 aromatic rings. The smallest absolute Gasteiger partial charge is 0.250 e. The Kier molecular flexibility index (Phi) is 7.19. The molecule has 0 unspecified atom stereocenters. The van der Waals surface area contributed by atoms with Gasteiger partial charge < -0.3 is 30.6 Å². The number of aromatic amines is 1. The van der Waals surface area contributed by atoms with Crippen molar-refractivity contribution >= 4 is 16.8 Å². The summed E-state index contributed by atoms with van der Waals surface area (Å²) >= 11 is 0. The molecule has 0 aliphatic heterocycles. The highest BCUT2D eigenvalue weighted by Gasteiger charge is 2.08. The first-order chi connectivity index (χ1) is 16.1. The molecule has 0 fully saturated rings. The molecule has 8 nitrogen and oxygen atoms in total. The standard InChI is InChI=1S/C25H26N4O4/c26-25(31)18-6-9-24(29-14-18)33-20-7-4-17(5-8-20)10-12-27-15-19(30)16-32-23-3-1-2-22-21(23)11-13-28-22/h1-9,11,13-14,19,27-28,30H,10,12,15-16H2,(H2,26,31)/t19-/m1/s1. The number of carbonyl (C=O) groups excluding carboxylic acids is 1. The molecule has 0 saturated heterocycles. The van der Waals surface area contributed by atoms with Crippen LogP contribution in [-0.4, -0.2) is 46.8 Å². The number of rotatable bonds is 11. The lowest BCUT2D eigenvalue weighted by atomic mass is 10.1. The van der Waals surface area contributed by atoms with Gasteiger partial charge in [0, 0.05) is 35.9 Å². The molecule has 2 aromatic heterocycles. The van der Waals surface area contributed by atoms with Crippen molar-refractivity contribution in [1.29, 1.82) is 0 Å². The van der Waals surface area contributed by atoms with E-state index in [0.717, 1.165) is 35.2 Å². The molecule has 0 radical (unpaired) electrons. The first kappa shape index (κ1) is 22.3. The van der Waals surface area contributed by atoms with Gasteiger partial charge in [0.25, 0.3) is 0 Å². The largest absolute Gasteiger partial charge is 0.490 e. The predicted molar refractivity (Wildman–Crippen MR) is 126 cm³/mol. The van der Waals surface area contributed by atoms with Crippen LogP contribution in [0.1, 0.15) is 15.9 Å². The number of aromatic nitrogens is 2. The van der Waals surface area contributed by atoms with E-state index in [4.69, 9.17) is 15.2 Å². The van der Waals surface area contributed by atoms with Crippen molar-refractivity contribution in [3.05, 3.63) is 84.2 Å². The molecule has 2 heterocycles. The van der Waals surface area contributed by atoms with Crippen LogP contribution in [0.25, 0.3) is 10.9 Å². The summed E-state index contributed by atoms with van der Waals surface area (Å²) in [5.74, 6) is 1.27. The number of nitrogens with two attached hydrogens (primary N) is 1. The van der Waals surface area contributed by atoms with Crippen LogP contribution in [0.5, 0.6) is 17.4 Å². The van der Waals surface area contributed by atoms with Crippen LogP contribution in [0.3, 0.4) is 0 Å². The molecule has 8 heteroatoms.